The SMILES string of the molecule is COc1ccc(C23CCCCCC2(C(=O)OC2CC2)O3)cc1. The van der Waals surface area contributed by atoms with Crippen LogP contribution in [0.4, 0.5) is 0 Å². The summed E-state index contributed by atoms with van der Waals surface area (Å²) < 4.78 is 17.0. The quantitative estimate of drug-likeness (QED) is 0.632. The number of methoxy groups -OCH3 is 1. The third kappa shape index (κ3) is 2.04. The standard InChI is InChI=1S/C18H22O4/c1-20-14-7-5-13(6-8-14)17-11-3-2-4-12-18(17,22-17)16(19)21-15-9-10-15/h5-8,15H,2-4,9-12H2,1H3. The topological polar surface area (TPSA) is 48.1 Å². The van der Waals surface area contributed by atoms with Crippen LogP contribution in [0.15, 0.2) is 24.3 Å². The van der Waals surface area contributed by atoms with E-state index in [1.54, 1.807) is 7.11 Å². The number of hydrogen-bond acceptors (Lipinski definition) is 4. The van der Waals surface area contributed by atoms with Crippen LogP contribution < -0.4 is 4.74 Å². The molecule has 0 amide bonds. The Morgan fingerprint density at radius 3 is 2.55 bits per heavy atom. The number of carbonyl (C=O) groups excluding carboxylic acids is 1. The van der Waals surface area contributed by atoms with Crippen LogP contribution in [0.5, 0.6) is 5.75 Å². The van der Waals surface area contributed by atoms with E-state index < -0.39 is 11.2 Å². The molecule has 2 unspecified atom stereocenters. The molecule has 4 nitrogen and oxygen atoms in total. The molecule has 0 bridgehead atoms. The number of carbonyl (C=O) groups is 1. The van der Waals surface area contributed by atoms with Gasteiger partial charge >= 0.3 is 5.97 Å². The van der Waals surface area contributed by atoms with Crippen LogP contribution in [0.25, 0.3) is 0 Å². The minimum absolute atomic E-state index is 0.128. The molecule has 3 aliphatic rings. The first-order valence-electron chi connectivity index (χ1n) is 8.26. The van der Waals surface area contributed by atoms with Crippen molar-refractivity contribution >= 4 is 5.97 Å². The first-order chi connectivity index (χ1) is 10.7. The van der Waals surface area contributed by atoms with E-state index in [0.717, 1.165) is 56.3 Å². The van der Waals surface area contributed by atoms with Crippen molar-refractivity contribution in [1.82, 2.24) is 0 Å². The summed E-state index contributed by atoms with van der Waals surface area (Å²) in [7, 11) is 1.66. The van der Waals surface area contributed by atoms with Crippen molar-refractivity contribution < 1.29 is 19.0 Å². The Hall–Kier alpha value is -1.55. The molecule has 1 heterocycles. The molecule has 2 saturated carbocycles. The van der Waals surface area contributed by atoms with E-state index in [4.69, 9.17) is 14.2 Å². The minimum Gasteiger partial charge on any atom is -0.497 e. The Morgan fingerprint density at radius 1 is 1.14 bits per heavy atom. The number of ether oxygens (including phenoxy) is 3. The van der Waals surface area contributed by atoms with Crippen LogP contribution in [-0.4, -0.2) is 24.8 Å². The van der Waals surface area contributed by atoms with Crippen molar-refractivity contribution in [2.24, 2.45) is 0 Å². The number of esters is 1. The Balaban J connectivity index is 1.65. The fourth-order valence-corrected chi connectivity index (χ4v) is 3.74. The van der Waals surface area contributed by atoms with Crippen molar-refractivity contribution in [3.8, 4) is 5.75 Å². The summed E-state index contributed by atoms with van der Waals surface area (Å²) in [6, 6.07) is 7.92. The number of hydrogen-bond donors (Lipinski definition) is 0. The lowest BCUT2D eigenvalue weighted by Gasteiger charge is -2.17. The van der Waals surface area contributed by atoms with E-state index in [-0.39, 0.29) is 12.1 Å². The zero-order valence-corrected chi connectivity index (χ0v) is 13.0. The highest BCUT2D eigenvalue weighted by Crippen LogP contribution is 2.63. The first kappa shape index (κ1) is 14.1. The highest BCUT2D eigenvalue weighted by Gasteiger charge is 2.76. The molecule has 4 heteroatoms. The van der Waals surface area contributed by atoms with E-state index in [1.165, 1.54) is 0 Å². The summed E-state index contributed by atoms with van der Waals surface area (Å²) >= 11 is 0. The van der Waals surface area contributed by atoms with Gasteiger partial charge in [0.05, 0.1) is 7.11 Å². The van der Waals surface area contributed by atoms with Gasteiger partial charge in [0.2, 0.25) is 0 Å². The predicted molar refractivity (Wildman–Crippen MR) is 80.7 cm³/mol. The second-order valence-electron chi connectivity index (χ2n) is 6.65. The summed E-state index contributed by atoms with van der Waals surface area (Å²) in [5, 5.41) is 0. The van der Waals surface area contributed by atoms with Crippen molar-refractivity contribution in [3.63, 3.8) is 0 Å². The molecule has 1 aromatic carbocycles. The summed E-state index contributed by atoms with van der Waals surface area (Å²) in [5.41, 5.74) is -0.162. The second kappa shape index (κ2) is 4.98. The summed E-state index contributed by atoms with van der Waals surface area (Å²) in [5.74, 6) is 0.674. The van der Waals surface area contributed by atoms with Gasteiger partial charge in [-0.1, -0.05) is 25.0 Å². The molecule has 1 saturated heterocycles. The zero-order valence-electron chi connectivity index (χ0n) is 13.0. The number of benzene rings is 1. The van der Waals surface area contributed by atoms with E-state index in [1.807, 2.05) is 24.3 Å². The first-order valence-corrected chi connectivity index (χ1v) is 8.26. The fourth-order valence-electron chi connectivity index (χ4n) is 3.74. The molecule has 4 rings (SSSR count). The van der Waals surface area contributed by atoms with Gasteiger partial charge in [0.1, 0.15) is 17.5 Å². The second-order valence-corrected chi connectivity index (χ2v) is 6.65. The van der Waals surface area contributed by atoms with E-state index in [0.29, 0.717) is 0 Å². The van der Waals surface area contributed by atoms with Crippen LogP contribution in [0.3, 0.4) is 0 Å². The zero-order chi connectivity index (χ0) is 15.2. The lowest BCUT2D eigenvalue weighted by molar-refractivity contribution is -0.151. The number of fused-ring (bicyclic) bond motifs is 1. The highest BCUT2D eigenvalue weighted by atomic mass is 16.7. The average molecular weight is 302 g/mol. The van der Waals surface area contributed by atoms with Gasteiger partial charge in [-0.3, -0.25) is 0 Å². The van der Waals surface area contributed by atoms with Gasteiger partial charge in [-0.2, -0.15) is 0 Å². The average Bonchev–Trinajstić information content (AvgIpc) is 3.41. The maximum Gasteiger partial charge on any atom is 0.342 e. The molecular weight excluding hydrogens is 280 g/mol. The van der Waals surface area contributed by atoms with Crippen LogP contribution in [0, 0.1) is 0 Å². The largest absolute Gasteiger partial charge is 0.497 e. The smallest absolute Gasteiger partial charge is 0.342 e. The Kier molecular flexibility index (Phi) is 3.19. The third-order valence-electron chi connectivity index (χ3n) is 5.20. The normalized spacial score (nSPS) is 33.5. The van der Waals surface area contributed by atoms with E-state index in [2.05, 4.69) is 0 Å². The van der Waals surface area contributed by atoms with E-state index in [9.17, 15) is 4.79 Å². The third-order valence-corrected chi connectivity index (χ3v) is 5.20. The van der Waals surface area contributed by atoms with Gasteiger partial charge < -0.3 is 14.2 Å². The van der Waals surface area contributed by atoms with Crippen molar-refractivity contribution in [1.29, 1.82) is 0 Å². The Bertz CT molecular complexity index is 577. The van der Waals surface area contributed by atoms with Crippen molar-refractivity contribution in [2.45, 2.75) is 62.3 Å². The number of epoxide rings is 1. The Labute approximate surface area is 130 Å². The van der Waals surface area contributed by atoms with Crippen molar-refractivity contribution in [2.75, 3.05) is 7.11 Å². The highest BCUT2D eigenvalue weighted by molar-refractivity contribution is 5.86. The van der Waals surface area contributed by atoms with Crippen molar-refractivity contribution in [3.05, 3.63) is 29.8 Å². The van der Waals surface area contributed by atoms with E-state index >= 15 is 0 Å². The van der Waals surface area contributed by atoms with Crippen LogP contribution in [0.1, 0.15) is 50.5 Å². The molecule has 3 fully saturated rings. The molecule has 0 spiro atoms. The fraction of sp³-hybridized carbons (Fsp3) is 0.611. The molecule has 0 radical (unpaired) electrons. The molecule has 0 N–H and O–H groups in total. The Morgan fingerprint density at radius 2 is 1.86 bits per heavy atom. The molecule has 0 aromatic heterocycles. The number of rotatable bonds is 4. The lowest BCUT2D eigenvalue weighted by atomic mass is 9.82. The monoisotopic (exact) mass is 302 g/mol. The molecule has 1 aliphatic heterocycles. The van der Waals surface area contributed by atoms with Gasteiger partial charge in [-0.15, -0.1) is 0 Å². The van der Waals surface area contributed by atoms with Gasteiger partial charge in [0, 0.05) is 0 Å². The predicted octanol–water partition coefficient (Wildman–Crippen LogP) is 3.33. The molecule has 2 atom stereocenters. The molecular formula is C18H22O4. The molecule has 1 aromatic rings. The molecule has 22 heavy (non-hydrogen) atoms. The summed E-state index contributed by atoms with van der Waals surface area (Å²) in [6.45, 7) is 0. The van der Waals surface area contributed by atoms with Gasteiger partial charge in [0.15, 0.2) is 5.60 Å². The van der Waals surface area contributed by atoms with Gasteiger partial charge in [0.25, 0.3) is 0 Å². The van der Waals surface area contributed by atoms with Crippen LogP contribution in [-0.2, 0) is 19.9 Å². The molecule has 118 valence electrons. The maximum atomic E-state index is 12.7. The summed E-state index contributed by atoms with van der Waals surface area (Å²) in [4.78, 5) is 12.7. The van der Waals surface area contributed by atoms with Gasteiger partial charge in [-0.25, -0.2) is 4.79 Å². The van der Waals surface area contributed by atoms with Crippen LogP contribution in [0.2, 0.25) is 0 Å². The maximum absolute atomic E-state index is 12.7. The van der Waals surface area contributed by atoms with Gasteiger partial charge in [-0.05, 0) is 49.8 Å². The van der Waals surface area contributed by atoms with Crippen LogP contribution >= 0.6 is 0 Å². The minimum atomic E-state index is -0.749. The molecule has 2 aliphatic carbocycles. The lowest BCUT2D eigenvalue weighted by Crippen LogP contribution is -2.34. The summed E-state index contributed by atoms with van der Waals surface area (Å²) in [6.07, 6.45) is 7.04.